The molecule has 0 amide bonds. The molecule has 0 saturated heterocycles. The highest BCUT2D eigenvalue weighted by Gasteiger charge is 2.23. The molecule has 1 aliphatic rings. The van der Waals surface area contributed by atoms with Gasteiger partial charge >= 0.3 is 0 Å². The lowest BCUT2D eigenvalue weighted by Crippen LogP contribution is -2.13. The monoisotopic (exact) mass is 389 g/mol. The summed E-state index contributed by atoms with van der Waals surface area (Å²) in [6.07, 6.45) is 9.95. The van der Waals surface area contributed by atoms with Gasteiger partial charge in [-0.1, -0.05) is 57.4 Å². The minimum atomic E-state index is 0.635. The van der Waals surface area contributed by atoms with Gasteiger partial charge in [-0.3, -0.25) is 0 Å². The standard InChI is InChI=1S/C27H35NO/c1-3-5-6-21(4-2)20-29-27-17-15-26(16-18-27)25-13-11-24(12-14-25)23-9-7-22(19-28)8-10-23/h7-10,15-18,21,24-25H,3-6,11-14,20H2,1-2H3/t21?,24-,25-. The van der Waals surface area contributed by atoms with Crippen molar-refractivity contribution in [3.8, 4) is 11.8 Å². The molecular weight excluding hydrogens is 354 g/mol. The van der Waals surface area contributed by atoms with E-state index in [9.17, 15) is 0 Å². The first-order valence-corrected chi connectivity index (χ1v) is 11.5. The van der Waals surface area contributed by atoms with E-state index in [0.29, 0.717) is 17.8 Å². The van der Waals surface area contributed by atoms with Crippen LogP contribution in [0.2, 0.25) is 0 Å². The molecule has 2 aromatic rings. The minimum Gasteiger partial charge on any atom is -0.493 e. The largest absolute Gasteiger partial charge is 0.493 e. The van der Waals surface area contributed by atoms with Crippen LogP contribution in [0.3, 0.4) is 0 Å². The SMILES string of the molecule is CCCCC(CC)COc1ccc([C@H]2CC[C@H](c3ccc(C#N)cc3)CC2)cc1. The van der Waals surface area contributed by atoms with E-state index in [1.165, 1.54) is 62.5 Å². The minimum absolute atomic E-state index is 0.635. The van der Waals surface area contributed by atoms with E-state index in [1.54, 1.807) is 0 Å². The van der Waals surface area contributed by atoms with Crippen LogP contribution in [0.5, 0.6) is 5.75 Å². The maximum absolute atomic E-state index is 8.97. The molecule has 2 aromatic carbocycles. The Kier molecular flexibility index (Phi) is 8.17. The van der Waals surface area contributed by atoms with Crippen molar-refractivity contribution in [3.63, 3.8) is 0 Å². The van der Waals surface area contributed by atoms with E-state index in [4.69, 9.17) is 10.00 Å². The zero-order valence-corrected chi connectivity index (χ0v) is 18.1. The summed E-state index contributed by atoms with van der Waals surface area (Å²) in [6, 6.07) is 19.3. The van der Waals surface area contributed by atoms with Gasteiger partial charge in [0.2, 0.25) is 0 Å². The summed E-state index contributed by atoms with van der Waals surface area (Å²) in [5, 5.41) is 8.97. The van der Waals surface area contributed by atoms with Gasteiger partial charge in [0.1, 0.15) is 5.75 Å². The number of unbranched alkanes of at least 4 members (excludes halogenated alkanes) is 1. The summed E-state index contributed by atoms with van der Waals surface area (Å²) < 4.78 is 6.07. The van der Waals surface area contributed by atoms with Crippen LogP contribution in [0.15, 0.2) is 48.5 Å². The van der Waals surface area contributed by atoms with Crippen molar-refractivity contribution in [2.75, 3.05) is 6.61 Å². The van der Waals surface area contributed by atoms with Gasteiger partial charge in [0, 0.05) is 0 Å². The maximum atomic E-state index is 8.97. The highest BCUT2D eigenvalue weighted by atomic mass is 16.5. The van der Waals surface area contributed by atoms with Crippen molar-refractivity contribution >= 4 is 0 Å². The van der Waals surface area contributed by atoms with E-state index < -0.39 is 0 Å². The van der Waals surface area contributed by atoms with E-state index >= 15 is 0 Å². The zero-order valence-electron chi connectivity index (χ0n) is 18.1. The van der Waals surface area contributed by atoms with Crippen molar-refractivity contribution in [2.45, 2.75) is 77.0 Å². The fourth-order valence-corrected chi connectivity index (χ4v) is 4.54. The summed E-state index contributed by atoms with van der Waals surface area (Å²) in [4.78, 5) is 0. The molecule has 0 aromatic heterocycles. The average Bonchev–Trinajstić information content (AvgIpc) is 2.80. The van der Waals surface area contributed by atoms with E-state index in [1.807, 2.05) is 12.1 Å². The lowest BCUT2D eigenvalue weighted by atomic mass is 9.76. The van der Waals surface area contributed by atoms with Gasteiger partial charge in [0.15, 0.2) is 0 Å². The second-order valence-electron chi connectivity index (χ2n) is 8.58. The Labute approximate surface area is 176 Å². The lowest BCUT2D eigenvalue weighted by Gasteiger charge is -2.29. The van der Waals surface area contributed by atoms with Crippen molar-refractivity contribution in [2.24, 2.45) is 5.92 Å². The van der Waals surface area contributed by atoms with Gasteiger partial charge < -0.3 is 4.74 Å². The summed E-state index contributed by atoms with van der Waals surface area (Å²) in [6.45, 7) is 5.36. The zero-order chi connectivity index (χ0) is 20.5. The Morgan fingerprint density at radius 1 is 0.897 bits per heavy atom. The molecule has 1 fully saturated rings. The normalized spacial score (nSPS) is 20.0. The molecule has 0 spiro atoms. The van der Waals surface area contributed by atoms with E-state index in [-0.39, 0.29) is 0 Å². The molecule has 0 heterocycles. The summed E-state index contributed by atoms with van der Waals surface area (Å²) >= 11 is 0. The predicted molar refractivity (Wildman–Crippen MR) is 120 cm³/mol. The molecule has 1 unspecified atom stereocenters. The Bertz CT molecular complexity index is 764. The number of hydrogen-bond donors (Lipinski definition) is 0. The number of nitriles is 1. The maximum Gasteiger partial charge on any atom is 0.119 e. The molecule has 0 bridgehead atoms. The third kappa shape index (κ3) is 6.10. The Morgan fingerprint density at radius 2 is 1.45 bits per heavy atom. The van der Waals surface area contributed by atoms with Crippen LogP contribution in [0.25, 0.3) is 0 Å². The quantitative estimate of drug-likeness (QED) is 0.442. The number of rotatable bonds is 9. The van der Waals surface area contributed by atoms with Crippen LogP contribution in [0.1, 0.15) is 93.7 Å². The first kappa shape index (κ1) is 21.4. The third-order valence-corrected chi connectivity index (χ3v) is 6.62. The van der Waals surface area contributed by atoms with Gasteiger partial charge in [0.25, 0.3) is 0 Å². The molecular formula is C27H35NO. The lowest BCUT2D eigenvalue weighted by molar-refractivity contribution is 0.233. The average molecular weight is 390 g/mol. The van der Waals surface area contributed by atoms with Crippen LogP contribution in [-0.2, 0) is 0 Å². The van der Waals surface area contributed by atoms with Gasteiger partial charge in [0.05, 0.1) is 18.2 Å². The van der Waals surface area contributed by atoms with Gasteiger partial charge in [-0.05, 0) is 85.3 Å². The van der Waals surface area contributed by atoms with Crippen LogP contribution >= 0.6 is 0 Å². The molecule has 0 aliphatic heterocycles. The van der Waals surface area contributed by atoms with Crippen molar-refractivity contribution in [1.82, 2.24) is 0 Å². The predicted octanol–water partition coefficient (Wildman–Crippen LogP) is 7.59. The molecule has 1 saturated carbocycles. The molecule has 0 N–H and O–H groups in total. The smallest absolute Gasteiger partial charge is 0.119 e. The molecule has 154 valence electrons. The number of ether oxygens (including phenoxy) is 1. The molecule has 3 rings (SSSR count). The van der Waals surface area contributed by atoms with Gasteiger partial charge in [-0.25, -0.2) is 0 Å². The number of hydrogen-bond acceptors (Lipinski definition) is 2. The summed E-state index contributed by atoms with van der Waals surface area (Å²) in [5.74, 6) is 2.98. The summed E-state index contributed by atoms with van der Waals surface area (Å²) in [7, 11) is 0. The Morgan fingerprint density at radius 3 is 1.93 bits per heavy atom. The molecule has 2 heteroatoms. The van der Waals surface area contributed by atoms with Crippen molar-refractivity contribution < 1.29 is 4.74 Å². The van der Waals surface area contributed by atoms with Crippen LogP contribution in [0.4, 0.5) is 0 Å². The highest BCUT2D eigenvalue weighted by molar-refractivity contribution is 5.34. The van der Waals surface area contributed by atoms with E-state index in [0.717, 1.165) is 17.9 Å². The molecule has 0 radical (unpaired) electrons. The first-order valence-electron chi connectivity index (χ1n) is 11.5. The topological polar surface area (TPSA) is 33.0 Å². The highest BCUT2D eigenvalue weighted by Crippen LogP contribution is 2.40. The third-order valence-electron chi connectivity index (χ3n) is 6.62. The van der Waals surface area contributed by atoms with Gasteiger partial charge in [-0.2, -0.15) is 5.26 Å². The summed E-state index contributed by atoms with van der Waals surface area (Å²) in [5.41, 5.74) is 3.59. The van der Waals surface area contributed by atoms with Crippen LogP contribution in [-0.4, -0.2) is 6.61 Å². The second-order valence-corrected chi connectivity index (χ2v) is 8.58. The fourth-order valence-electron chi connectivity index (χ4n) is 4.54. The molecule has 29 heavy (non-hydrogen) atoms. The molecule has 2 nitrogen and oxygen atoms in total. The molecule has 1 atom stereocenters. The second kappa shape index (κ2) is 11.1. The fraction of sp³-hybridized carbons (Fsp3) is 0.519. The Hall–Kier alpha value is -2.27. The van der Waals surface area contributed by atoms with Crippen molar-refractivity contribution in [3.05, 3.63) is 65.2 Å². The molecule has 1 aliphatic carbocycles. The van der Waals surface area contributed by atoms with Crippen molar-refractivity contribution in [1.29, 1.82) is 5.26 Å². The van der Waals surface area contributed by atoms with E-state index in [2.05, 4.69) is 56.3 Å². The Balaban J connectivity index is 1.49. The van der Waals surface area contributed by atoms with Gasteiger partial charge in [-0.15, -0.1) is 0 Å². The number of benzene rings is 2. The van der Waals surface area contributed by atoms with Crippen LogP contribution in [0, 0.1) is 17.2 Å². The van der Waals surface area contributed by atoms with Crippen LogP contribution < -0.4 is 4.74 Å². The number of nitrogens with zero attached hydrogens (tertiary/aromatic N) is 1. The first-order chi connectivity index (χ1) is 14.2.